The molecule has 0 bridgehead atoms. The van der Waals surface area contributed by atoms with Crippen molar-refractivity contribution in [1.82, 2.24) is 0 Å². The van der Waals surface area contributed by atoms with E-state index in [1.165, 1.54) is 36.0 Å². The molecule has 0 aromatic carbocycles. The summed E-state index contributed by atoms with van der Waals surface area (Å²) in [5.74, 6) is -0.248. The molecule has 0 aromatic heterocycles. The third-order valence-electron chi connectivity index (χ3n) is 4.81. The molecule has 0 atom stereocenters. The van der Waals surface area contributed by atoms with E-state index in [-0.39, 0.29) is 11.4 Å². The predicted octanol–water partition coefficient (Wildman–Crippen LogP) is 5.45. The lowest BCUT2D eigenvalue weighted by molar-refractivity contribution is -0.137. The SMILES string of the molecule is CC1=CC(=O)OC/C1=C/C=C(C)/C=C/C1=C(C)CCCC1(C)C. The Balaban J connectivity index is 2.14. The van der Waals surface area contributed by atoms with Crippen molar-refractivity contribution in [2.45, 2.75) is 53.9 Å². The summed E-state index contributed by atoms with van der Waals surface area (Å²) in [5.41, 5.74) is 6.51. The molecule has 2 rings (SSSR count). The Kier molecular flexibility index (Phi) is 5.46. The van der Waals surface area contributed by atoms with Crippen LogP contribution in [0.15, 0.2) is 58.2 Å². The molecule has 1 heterocycles. The van der Waals surface area contributed by atoms with Gasteiger partial charge in [0, 0.05) is 6.08 Å². The minimum Gasteiger partial charge on any atom is -0.458 e. The van der Waals surface area contributed by atoms with Crippen molar-refractivity contribution in [3.8, 4) is 0 Å². The summed E-state index contributed by atoms with van der Waals surface area (Å²) in [6.07, 6.45) is 13.9. The Morgan fingerprint density at radius 3 is 2.70 bits per heavy atom. The van der Waals surface area contributed by atoms with Crippen LogP contribution in [-0.4, -0.2) is 12.6 Å². The zero-order chi connectivity index (χ0) is 17.0. The van der Waals surface area contributed by atoms with E-state index in [2.05, 4.69) is 45.9 Å². The zero-order valence-corrected chi connectivity index (χ0v) is 15.0. The molecule has 0 N–H and O–H groups in total. The number of esters is 1. The summed E-state index contributed by atoms with van der Waals surface area (Å²) in [5, 5.41) is 0. The van der Waals surface area contributed by atoms with Gasteiger partial charge in [0.05, 0.1) is 0 Å². The van der Waals surface area contributed by atoms with Crippen molar-refractivity contribution in [3.63, 3.8) is 0 Å². The van der Waals surface area contributed by atoms with Crippen LogP contribution in [0.5, 0.6) is 0 Å². The van der Waals surface area contributed by atoms with Gasteiger partial charge in [-0.1, -0.05) is 49.3 Å². The van der Waals surface area contributed by atoms with Crippen LogP contribution in [0.4, 0.5) is 0 Å². The van der Waals surface area contributed by atoms with Gasteiger partial charge in [-0.25, -0.2) is 4.79 Å². The van der Waals surface area contributed by atoms with Crippen LogP contribution in [0, 0.1) is 5.41 Å². The molecule has 0 spiro atoms. The number of carbonyl (C=O) groups excluding carboxylic acids is 1. The van der Waals surface area contributed by atoms with Crippen molar-refractivity contribution in [2.75, 3.05) is 6.61 Å². The van der Waals surface area contributed by atoms with Crippen LogP contribution in [0.3, 0.4) is 0 Å². The van der Waals surface area contributed by atoms with E-state index in [0.717, 1.165) is 11.1 Å². The lowest BCUT2D eigenvalue weighted by atomic mass is 9.72. The molecule has 2 heteroatoms. The summed E-state index contributed by atoms with van der Waals surface area (Å²) in [4.78, 5) is 11.2. The highest BCUT2D eigenvalue weighted by Gasteiger charge is 2.26. The van der Waals surface area contributed by atoms with Crippen molar-refractivity contribution in [3.05, 3.63) is 58.2 Å². The highest BCUT2D eigenvalue weighted by molar-refractivity contribution is 5.85. The van der Waals surface area contributed by atoms with E-state index in [4.69, 9.17) is 4.74 Å². The Hall–Kier alpha value is -1.83. The predicted molar refractivity (Wildman–Crippen MR) is 96.0 cm³/mol. The molecule has 2 nitrogen and oxygen atoms in total. The molecule has 1 aliphatic heterocycles. The normalized spacial score (nSPS) is 24.2. The molecule has 0 saturated carbocycles. The average molecular weight is 312 g/mol. The standard InChI is InChI=1S/C21H28O2/c1-15(8-10-18-14-23-20(22)13-17(18)3)9-11-19-16(2)7-6-12-21(19,4)5/h8-11,13H,6-7,12,14H2,1-5H3/b11-9+,15-8+,18-10-. The minimum atomic E-state index is -0.248. The minimum absolute atomic E-state index is 0.248. The number of hydrogen-bond acceptors (Lipinski definition) is 2. The van der Waals surface area contributed by atoms with Gasteiger partial charge in [-0.15, -0.1) is 0 Å². The summed E-state index contributed by atoms with van der Waals surface area (Å²) in [6.45, 7) is 11.3. The fourth-order valence-corrected chi connectivity index (χ4v) is 3.27. The number of cyclic esters (lactones) is 1. The summed E-state index contributed by atoms with van der Waals surface area (Å²) in [7, 11) is 0. The number of allylic oxidation sites excluding steroid dienone is 7. The first-order valence-electron chi connectivity index (χ1n) is 8.41. The molecule has 0 amide bonds. The summed E-state index contributed by atoms with van der Waals surface area (Å²) in [6, 6.07) is 0. The van der Waals surface area contributed by atoms with E-state index >= 15 is 0 Å². The van der Waals surface area contributed by atoms with Gasteiger partial charge in [-0.3, -0.25) is 0 Å². The number of carbonyl (C=O) groups is 1. The lowest BCUT2D eigenvalue weighted by Gasteiger charge is -2.32. The van der Waals surface area contributed by atoms with Crippen LogP contribution in [0.1, 0.15) is 53.9 Å². The first-order chi connectivity index (χ1) is 10.8. The second-order valence-corrected chi connectivity index (χ2v) is 7.30. The van der Waals surface area contributed by atoms with Gasteiger partial charge in [0.1, 0.15) is 6.61 Å². The van der Waals surface area contributed by atoms with E-state index in [9.17, 15) is 4.79 Å². The van der Waals surface area contributed by atoms with E-state index in [1.54, 1.807) is 6.08 Å². The monoisotopic (exact) mass is 312 g/mol. The molecule has 0 unspecified atom stereocenters. The Morgan fingerprint density at radius 1 is 1.30 bits per heavy atom. The Labute approximate surface area is 140 Å². The van der Waals surface area contributed by atoms with Gasteiger partial charge >= 0.3 is 5.97 Å². The van der Waals surface area contributed by atoms with Gasteiger partial charge in [0.25, 0.3) is 0 Å². The molecule has 0 aromatic rings. The van der Waals surface area contributed by atoms with Crippen molar-refractivity contribution < 1.29 is 9.53 Å². The molecular weight excluding hydrogens is 284 g/mol. The highest BCUT2D eigenvalue weighted by Crippen LogP contribution is 2.40. The molecule has 124 valence electrons. The zero-order valence-electron chi connectivity index (χ0n) is 15.0. The van der Waals surface area contributed by atoms with Crippen LogP contribution in [-0.2, 0) is 9.53 Å². The first kappa shape index (κ1) is 17.5. The van der Waals surface area contributed by atoms with Gasteiger partial charge in [-0.05, 0) is 62.2 Å². The van der Waals surface area contributed by atoms with Gasteiger partial charge < -0.3 is 4.74 Å². The summed E-state index contributed by atoms with van der Waals surface area (Å²) < 4.78 is 5.05. The van der Waals surface area contributed by atoms with Gasteiger partial charge in [0.2, 0.25) is 0 Å². The molecule has 1 aliphatic carbocycles. The third-order valence-corrected chi connectivity index (χ3v) is 4.81. The second kappa shape index (κ2) is 7.16. The molecule has 0 fully saturated rings. The molecule has 23 heavy (non-hydrogen) atoms. The molecule has 0 saturated heterocycles. The van der Waals surface area contributed by atoms with E-state index < -0.39 is 0 Å². The lowest BCUT2D eigenvalue weighted by Crippen LogP contribution is -2.19. The number of rotatable bonds is 3. The smallest absolute Gasteiger partial charge is 0.331 e. The summed E-state index contributed by atoms with van der Waals surface area (Å²) >= 11 is 0. The third kappa shape index (κ3) is 4.57. The maximum Gasteiger partial charge on any atom is 0.331 e. The van der Waals surface area contributed by atoms with Crippen molar-refractivity contribution in [2.24, 2.45) is 5.41 Å². The van der Waals surface area contributed by atoms with E-state index in [0.29, 0.717) is 6.61 Å². The molecule has 2 aliphatic rings. The van der Waals surface area contributed by atoms with Gasteiger partial charge in [0.15, 0.2) is 0 Å². The Morgan fingerprint density at radius 2 is 2.04 bits per heavy atom. The molecular formula is C21H28O2. The number of hydrogen-bond donors (Lipinski definition) is 0. The first-order valence-corrected chi connectivity index (χ1v) is 8.41. The second-order valence-electron chi connectivity index (χ2n) is 7.30. The highest BCUT2D eigenvalue weighted by atomic mass is 16.5. The van der Waals surface area contributed by atoms with Crippen LogP contribution in [0.25, 0.3) is 0 Å². The fraction of sp³-hybridized carbons (Fsp3) is 0.476. The fourth-order valence-electron chi connectivity index (χ4n) is 3.27. The quantitative estimate of drug-likeness (QED) is 0.512. The van der Waals surface area contributed by atoms with E-state index in [1.807, 2.05) is 13.0 Å². The number of ether oxygens (including phenoxy) is 1. The van der Waals surface area contributed by atoms with Gasteiger partial charge in [-0.2, -0.15) is 0 Å². The maximum atomic E-state index is 11.2. The molecule has 0 radical (unpaired) electrons. The van der Waals surface area contributed by atoms with Crippen LogP contribution in [0.2, 0.25) is 0 Å². The van der Waals surface area contributed by atoms with Crippen LogP contribution < -0.4 is 0 Å². The largest absolute Gasteiger partial charge is 0.458 e. The van der Waals surface area contributed by atoms with Crippen molar-refractivity contribution in [1.29, 1.82) is 0 Å². The van der Waals surface area contributed by atoms with Crippen molar-refractivity contribution >= 4 is 5.97 Å². The average Bonchev–Trinajstić information content (AvgIpc) is 2.45. The Bertz CT molecular complexity index is 637. The van der Waals surface area contributed by atoms with Crippen LogP contribution >= 0.6 is 0 Å². The maximum absolute atomic E-state index is 11.2. The topological polar surface area (TPSA) is 26.3 Å².